The molecule has 6 aromatic carbocycles. The van der Waals surface area contributed by atoms with Crippen LogP contribution < -0.4 is 10.6 Å². The highest BCUT2D eigenvalue weighted by atomic mass is 32.1. The van der Waals surface area contributed by atoms with Crippen molar-refractivity contribution in [3.8, 4) is 22.3 Å². The van der Waals surface area contributed by atoms with Crippen LogP contribution in [-0.4, -0.2) is 0 Å². The lowest BCUT2D eigenvalue weighted by atomic mass is 9.99. The molecule has 1 atom stereocenters. The molecule has 2 heterocycles. The number of rotatable bonds is 7. The minimum atomic E-state index is -3.16. The summed E-state index contributed by atoms with van der Waals surface area (Å²) in [6.45, 7) is 13.9. The van der Waals surface area contributed by atoms with E-state index in [-0.39, 0.29) is 0 Å². The van der Waals surface area contributed by atoms with Crippen molar-refractivity contribution in [3.63, 3.8) is 0 Å². The number of benzene rings is 6. The lowest BCUT2D eigenvalue weighted by Gasteiger charge is -2.21. The zero-order valence-corrected chi connectivity index (χ0v) is 31.6. The lowest BCUT2D eigenvalue weighted by molar-refractivity contribution is 0.591. The third-order valence-corrected chi connectivity index (χ3v) is 13.0. The molecule has 0 saturated carbocycles. The van der Waals surface area contributed by atoms with E-state index in [1.54, 1.807) is 6.08 Å². The fourth-order valence-corrected chi connectivity index (χ4v) is 10.4. The van der Waals surface area contributed by atoms with Crippen molar-refractivity contribution in [2.75, 3.05) is 0 Å². The quantitative estimate of drug-likeness (QED) is 0.122. The van der Waals surface area contributed by atoms with E-state index in [0.29, 0.717) is 0 Å². The van der Waals surface area contributed by atoms with Crippen molar-refractivity contribution < 1.29 is 8.98 Å². The zero-order chi connectivity index (χ0) is 36.0. The van der Waals surface area contributed by atoms with Gasteiger partial charge in [0.25, 0.3) is 0 Å². The van der Waals surface area contributed by atoms with Crippen LogP contribution in [0.2, 0.25) is 0 Å². The number of allylic oxidation sites excluding steroid dienone is 5. The molecule has 0 radical (unpaired) electrons. The molecule has 254 valence electrons. The molecule has 0 aliphatic rings. The summed E-state index contributed by atoms with van der Waals surface area (Å²) in [6.07, 6.45) is 7.46. The molecule has 8 aromatic rings. The van der Waals surface area contributed by atoms with E-state index in [2.05, 4.69) is 85.4 Å². The molecule has 2 nitrogen and oxygen atoms in total. The summed E-state index contributed by atoms with van der Waals surface area (Å²) in [4.78, 5) is 0. The molecule has 51 heavy (non-hydrogen) atoms. The van der Waals surface area contributed by atoms with Gasteiger partial charge in [-0.25, -0.2) is 0 Å². The first-order chi connectivity index (χ1) is 25.1. The van der Waals surface area contributed by atoms with Crippen LogP contribution in [0.15, 0.2) is 174 Å². The highest BCUT2D eigenvalue weighted by molar-refractivity contribution is 7.82. The van der Waals surface area contributed by atoms with Crippen LogP contribution in [0.4, 0.5) is 0 Å². The molecular formula is C47H43O2PS. The smallest absolute Gasteiger partial charge is 0.171 e. The maximum atomic E-state index is 15.2. The summed E-state index contributed by atoms with van der Waals surface area (Å²) in [5, 5.41) is 7.07. The standard InChI is InChI=1S/C43H31O2PS.2C2H6/c1-3-11-33(12-4-2)46(44,34-14-6-5-7-15-34)35-16-10-13-29(25-35)31-20-23-42-38(27-31)39-28-32(21-24-43(39)47-42)30-19-22-41-37(26-30)36-17-8-9-18-40(36)45-41;2*1-2/h3-28H,1H2,2H3;2*1-2H3/b12-4-,33-11+;;. The number of hydrogen-bond donors (Lipinski definition) is 0. The van der Waals surface area contributed by atoms with Crippen molar-refractivity contribution in [1.82, 2.24) is 0 Å². The van der Waals surface area contributed by atoms with Gasteiger partial charge < -0.3 is 8.98 Å². The van der Waals surface area contributed by atoms with Crippen molar-refractivity contribution in [2.24, 2.45) is 0 Å². The Bertz CT molecular complexity index is 2580. The third kappa shape index (κ3) is 6.68. The van der Waals surface area contributed by atoms with Gasteiger partial charge in [0, 0.05) is 46.9 Å². The van der Waals surface area contributed by atoms with Crippen LogP contribution in [0.25, 0.3) is 64.4 Å². The molecular weight excluding hydrogens is 660 g/mol. The molecule has 0 fully saturated rings. The Morgan fingerprint density at radius 1 is 0.588 bits per heavy atom. The predicted molar refractivity (Wildman–Crippen MR) is 227 cm³/mol. The Morgan fingerprint density at radius 3 is 1.78 bits per heavy atom. The molecule has 0 N–H and O–H groups in total. The van der Waals surface area contributed by atoms with Crippen molar-refractivity contribution in [1.29, 1.82) is 0 Å². The second-order valence-corrected chi connectivity index (χ2v) is 15.5. The average Bonchev–Trinajstić information content (AvgIpc) is 3.76. The normalized spacial score (nSPS) is 12.8. The van der Waals surface area contributed by atoms with Crippen LogP contribution >= 0.6 is 18.5 Å². The summed E-state index contributed by atoms with van der Waals surface area (Å²) in [5.41, 5.74) is 6.27. The Hall–Kier alpha value is -5.21. The summed E-state index contributed by atoms with van der Waals surface area (Å²) in [6, 6.07) is 46.1. The van der Waals surface area contributed by atoms with Gasteiger partial charge in [-0.15, -0.1) is 11.3 Å². The minimum absolute atomic E-state index is 0.756. The summed E-state index contributed by atoms with van der Waals surface area (Å²) in [5.74, 6) is 0. The molecule has 0 aliphatic carbocycles. The first kappa shape index (κ1) is 35.6. The summed E-state index contributed by atoms with van der Waals surface area (Å²) >= 11 is 1.81. The minimum Gasteiger partial charge on any atom is -0.456 e. The monoisotopic (exact) mass is 702 g/mol. The van der Waals surface area contributed by atoms with Crippen molar-refractivity contribution in [3.05, 3.63) is 170 Å². The summed E-state index contributed by atoms with van der Waals surface area (Å²) in [7, 11) is -3.16. The molecule has 0 amide bonds. The topological polar surface area (TPSA) is 30.2 Å². The maximum absolute atomic E-state index is 15.2. The fraction of sp³-hybridized carbons (Fsp3) is 0.106. The first-order valence-corrected chi connectivity index (χ1v) is 20.2. The number of hydrogen-bond acceptors (Lipinski definition) is 3. The Balaban J connectivity index is 0.00000108. The van der Waals surface area contributed by atoms with Crippen molar-refractivity contribution >= 4 is 71.2 Å². The number of para-hydroxylation sites is 1. The number of fused-ring (bicyclic) bond motifs is 6. The van der Waals surface area contributed by atoms with Gasteiger partial charge in [0.1, 0.15) is 11.2 Å². The van der Waals surface area contributed by atoms with Gasteiger partial charge in [-0.3, -0.25) is 0 Å². The highest BCUT2D eigenvalue weighted by Crippen LogP contribution is 2.53. The Labute approximate surface area is 305 Å². The van der Waals surface area contributed by atoms with Gasteiger partial charge in [-0.1, -0.05) is 144 Å². The van der Waals surface area contributed by atoms with Gasteiger partial charge in [0.2, 0.25) is 0 Å². The fourth-order valence-electron chi connectivity index (χ4n) is 6.57. The van der Waals surface area contributed by atoms with Gasteiger partial charge in [0.05, 0.1) is 0 Å². The Kier molecular flexibility index (Phi) is 11.0. The molecule has 1 unspecified atom stereocenters. The Morgan fingerprint density at radius 2 is 1.14 bits per heavy atom. The molecule has 0 saturated heterocycles. The third-order valence-electron chi connectivity index (χ3n) is 8.83. The van der Waals surface area contributed by atoms with Crippen LogP contribution in [-0.2, 0) is 4.57 Å². The second-order valence-electron chi connectivity index (χ2n) is 11.7. The van der Waals surface area contributed by atoms with Gasteiger partial charge >= 0.3 is 0 Å². The molecule has 0 aliphatic heterocycles. The van der Waals surface area contributed by atoms with E-state index in [4.69, 9.17) is 4.42 Å². The molecule has 8 rings (SSSR count). The zero-order valence-electron chi connectivity index (χ0n) is 29.9. The van der Waals surface area contributed by atoms with E-state index in [1.165, 1.54) is 25.7 Å². The predicted octanol–water partition coefficient (Wildman–Crippen LogP) is 14.3. The van der Waals surface area contributed by atoms with E-state index in [1.807, 2.05) is 119 Å². The largest absolute Gasteiger partial charge is 0.456 e. The van der Waals surface area contributed by atoms with Crippen LogP contribution in [0, 0.1) is 0 Å². The average molecular weight is 703 g/mol. The molecule has 4 heteroatoms. The number of thiophene rings is 1. The van der Waals surface area contributed by atoms with Gasteiger partial charge in [0.15, 0.2) is 7.14 Å². The molecule has 2 aromatic heterocycles. The van der Waals surface area contributed by atoms with E-state index in [0.717, 1.165) is 54.6 Å². The highest BCUT2D eigenvalue weighted by Gasteiger charge is 2.30. The first-order valence-electron chi connectivity index (χ1n) is 17.7. The van der Waals surface area contributed by atoms with Crippen molar-refractivity contribution in [2.45, 2.75) is 34.6 Å². The van der Waals surface area contributed by atoms with Crippen LogP contribution in [0.3, 0.4) is 0 Å². The lowest BCUT2D eigenvalue weighted by Crippen LogP contribution is -2.17. The SMILES string of the molecule is C=C/C=C(\C=C/C)P(=O)(c1ccccc1)c1cccc(-c2ccc3sc4ccc(-c5ccc6oc7ccccc7c6c5)cc4c3c2)c1.CC.CC. The second kappa shape index (κ2) is 15.8. The van der Waals surface area contributed by atoms with Gasteiger partial charge in [-0.05, 0) is 77.7 Å². The van der Waals surface area contributed by atoms with Crippen LogP contribution in [0.5, 0.6) is 0 Å². The van der Waals surface area contributed by atoms with Crippen LogP contribution in [0.1, 0.15) is 34.6 Å². The van der Waals surface area contributed by atoms with Gasteiger partial charge in [-0.2, -0.15) is 0 Å². The van der Waals surface area contributed by atoms with E-state index >= 15 is 4.57 Å². The molecule has 0 spiro atoms. The summed E-state index contributed by atoms with van der Waals surface area (Å²) < 4.78 is 23.7. The number of furan rings is 1. The molecule has 0 bridgehead atoms. The van der Waals surface area contributed by atoms with E-state index in [9.17, 15) is 0 Å². The van der Waals surface area contributed by atoms with E-state index < -0.39 is 7.14 Å². The maximum Gasteiger partial charge on any atom is 0.171 e.